The third-order valence-corrected chi connectivity index (χ3v) is 4.27. The summed E-state index contributed by atoms with van der Waals surface area (Å²) in [7, 11) is 1.78. The molecule has 0 saturated heterocycles. The zero-order chi connectivity index (χ0) is 19.3. The molecular weight excluding hydrogens is 340 g/mol. The molecule has 1 N–H and O–H groups in total. The van der Waals surface area contributed by atoms with Crippen LogP contribution in [0.3, 0.4) is 0 Å². The maximum atomic E-state index is 13.4. The first-order chi connectivity index (χ1) is 12.3. The molecule has 6 heteroatoms. The Balaban J connectivity index is 1.90. The van der Waals surface area contributed by atoms with Gasteiger partial charge in [0.05, 0.1) is 0 Å². The van der Waals surface area contributed by atoms with Crippen LogP contribution in [0.15, 0.2) is 42.5 Å². The monoisotopic (exact) mass is 363 g/mol. The van der Waals surface area contributed by atoms with Gasteiger partial charge in [-0.2, -0.15) is 0 Å². The van der Waals surface area contributed by atoms with E-state index in [0.717, 1.165) is 12.1 Å². The van der Waals surface area contributed by atoms with Crippen LogP contribution in [0.2, 0.25) is 0 Å². The van der Waals surface area contributed by atoms with Gasteiger partial charge in [-0.25, -0.2) is 8.78 Å². The van der Waals surface area contributed by atoms with E-state index in [1.54, 1.807) is 31.3 Å². The smallest absolute Gasteiger partial charge is 0.159 e. The molecule has 2 rings (SSSR count). The second-order valence-corrected chi connectivity index (χ2v) is 6.34. The summed E-state index contributed by atoms with van der Waals surface area (Å²) in [4.78, 5) is 13.2. The number of carbonyl (C=O) groups is 1. The standard InChI is InChI=1S/C20H23F2NO3/c1-13(15-7-8-19(21)20(22)10-15)23(3)11-17(25)12-26-18-6-4-5-16(9-18)14(2)24/h4-10,13,17,25H,11-12H2,1-3H3/t13-,17+/m0/s1. The van der Waals surface area contributed by atoms with Crippen LogP contribution in [0.5, 0.6) is 5.75 Å². The van der Waals surface area contributed by atoms with Gasteiger partial charge < -0.3 is 9.84 Å². The van der Waals surface area contributed by atoms with Gasteiger partial charge in [0.2, 0.25) is 0 Å². The predicted octanol–water partition coefficient (Wildman–Crippen LogP) is 3.60. The quantitative estimate of drug-likeness (QED) is 0.728. The maximum Gasteiger partial charge on any atom is 0.159 e. The third kappa shape index (κ3) is 5.34. The Morgan fingerprint density at radius 1 is 1.19 bits per heavy atom. The summed E-state index contributed by atoms with van der Waals surface area (Å²) < 4.78 is 32.0. The van der Waals surface area contributed by atoms with Gasteiger partial charge in [-0.15, -0.1) is 0 Å². The van der Waals surface area contributed by atoms with Crippen LogP contribution in [0.4, 0.5) is 8.78 Å². The minimum absolute atomic E-state index is 0.0518. The molecular formula is C20H23F2NO3. The van der Waals surface area contributed by atoms with Gasteiger partial charge in [-0.3, -0.25) is 9.69 Å². The number of aliphatic hydroxyl groups is 1. The van der Waals surface area contributed by atoms with E-state index in [4.69, 9.17) is 4.74 Å². The molecule has 0 aromatic heterocycles. The number of likely N-dealkylation sites (N-methyl/N-ethyl adjacent to an activating group) is 1. The summed E-state index contributed by atoms with van der Waals surface area (Å²) in [5.74, 6) is -1.33. The van der Waals surface area contributed by atoms with E-state index in [9.17, 15) is 18.7 Å². The highest BCUT2D eigenvalue weighted by molar-refractivity contribution is 5.94. The van der Waals surface area contributed by atoms with Crippen molar-refractivity contribution < 1.29 is 23.4 Å². The zero-order valence-corrected chi connectivity index (χ0v) is 15.1. The molecule has 0 saturated carbocycles. The molecule has 0 bridgehead atoms. The molecule has 4 nitrogen and oxygen atoms in total. The molecule has 26 heavy (non-hydrogen) atoms. The number of halogens is 2. The largest absolute Gasteiger partial charge is 0.491 e. The van der Waals surface area contributed by atoms with Gasteiger partial charge in [0.1, 0.15) is 18.5 Å². The first kappa shape index (κ1) is 20.0. The minimum atomic E-state index is -0.892. The fraction of sp³-hybridized carbons (Fsp3) is 0.350. The molecule has 0 spiro atoms. The summed E-state index contributed by atoms with van der Waals surface area (Å²) in [6.07, 6.45) is -0.784. The van der Waals surface area contributed by atoms with Crippen molar-refractivity contribution in [3.63, 3.8) is 0 Å². The van der Waals surface area contributed by atoms with Gasteiger partial charge >= 0.3 is 0 Å². The van der Waals surface area contributed by atoms with Crippen molar-refractivity contribution in [3.8, 4) is 5.75 Å². The maximum absolute atomic E-state index is 13.4. The normalized spacial score (nSPS) is 13.5. The summed E-state index contributed by atoms with van der Waals surface area (Å²) in [6, 6.07) is 10.3. The molecule has 0 amide bonds. The van der Waals surface area contributed by atoms with E-state index < -0.39 is 17.7 Å². The molecule has 140 valence electrons. The summed E-state index contributed by atoms with van der Waals surface area (Å²) in [5, 5.41) is 10.2. The highest BCUT2D eigenvalue weighted by Gasteiger charge is 2.17. The lowest BCUT2D eigenvalue weighted by molar-refractivity contribution is 0.0653. The van der Waals surface area contributed by atoms with Crippen molar-refractivity contribution in [2.24, 2.45) is 0 Å². The number of benzene rings is 2. The van der Waals surface area contributed by atoms with Crippen LogP contribution in [0, 0.1) is 11.6 Å². The van der Waals surface area contributed by atoms with Gasteiger partial charge in [0.15, 0.2) is 17.4 Å². The van der Waals surface area contributed by atoms with E-state index in [2.05, 4.69) is 0 Å². The molecule has 2 aromatic carbocycles. The van der Waals surface area contributed by atoms with Crippen molar-refractivity contribution in [2.45, 2.75) is 26.0 Å². The van der Waals surface area contributed by atoms with Crippen LogP contribution in [0.1, 0.15) is 35.8 Å². The van der Waals surface area contributed by atoms with Gasteiger partial charge in [-0.05, 0) is 50.7 Å². The molecule has 0 fully saturated rings. The Hall–Kier alpha value is -2.31. The lowest BCUT2D eigenvalue weighted by atomic mass is 10.1. The number of ether oxygens (including phenoxy) is 1. The highest BCUT2D eigenvalue weighted by atomic mass is 19.2. The summed E-state index contributed by atoms with van der Waals surface area (Å²) >= 11 is 0. The van der Waals surface area contributed by atoms with Gasteiger partial charge in [0, 0.05) is 18.2 Å². The number of nitrogens with zero attached hydrogens (tertiary/aromatic N) is 1. The number of aliphatic hydroxyl groups excluding tert-OH is 1. The van der Waals surface area contributed by atoms with E-state index in [0.29, 0.717) is 16.9 Å². The van der Waals surface area contributed by atoms with E-state index in [1.165, 1.54) is 13.0 Å². The first-order valence-electron chi connectivity index (χ1n) is 8.35. The van der Waals surface area contributed by atoms with Crippen molar-refractivity contribution in [3.05, 3.63) is 65.2 Å². The minimum Gasteiger partial charge on any atom is -0.491 e. The van der Waals surface area contributed by atoms with E-state index in [1.807, 2.05) is 11.8 Å². The summed E-state index contributed by atoms with van der Waals surface area (Å²) in [5.41, 5.74) is 1.16. The second-order valence-electron chi connectivity index (χ2n) is 6.34. The molecule has 0 aliphatic heterocycles. The summed E-state index contributed by atoms with van der Waals surface area (Å²) in [6.45, 7) is 3.65. The molecule has 0 heterocycles. The van der Waals surface area contributed by atoms with Crippen LogP contribution in [-0.2, 0) is 0 Å². The Kier molecular flexibility index (Phi) is 6.83. The van der Waals surface area contributed by atoms with E-state index >= 15 is 0 Å². The topological polar surface area (TPSA) is 49.8 Å². The fourth-order valence-electron chi connectivity index (χ4n) is 2.57. The lowest BCUT2D eigenvalue weighted by Crippen LogP contribution is -2.34. The third-order valence-electron chi connectivity index (χ3n) is 4.27. The molecule has 0 aliphatic rings. The molecule has 0 unspecified atom stereocenters. The Morgan fingerprint density at radius 3 is 2.58 bits per heavy atom. The van der Waals surface area contributed by atoms with Crippen molar-refractivity contribution >= 4 is 5.78 Å². The number of rotatable bonds is 8. The predicted molar refractivity (Wildman–Crippen MR) is 95.4 cm³/mol. The SMILES string of the molecule is CC(=O)c1cccc(OC[C@H](O)CN(C)[C@@H](C)c2ccc(F)c(F)c2)c1. The number of hydrogen-bond donors (Lipinski definition) is 1. The van der Waals surface area contributed by atoms with Crippen molar-refractivity contribution in [1.29, 1.82) is 0 Å². The average molecular weight is 363 g/mol. The average Bonchev–Trinajstić information content (AvgIpc) is 2.61. The number of Topliss-reactive ketones (excluding diaryl/α,β-unsaturated/α-hetero) is 1. The van der Waals surface area contributed by atoms with Crippen LogP contribution in [-0.4, -0.2) is 42.1 Å². The Bertz CT molecular complexity index is 766. The van der Waals surface area contributed by atoms with Crippen LogP contribution < -0.4 is 4.74 Å². The number of ketones is 1. The van der Waals surface area contributed by atoms with Crippen LogP contribution in [0.25, 0.3) is 0 Å². The Labute approximate surface area is 152 Å². The fourth-order valence-corrected chi connectivity index (χ4v) is 2.57. The number of carbonyl (C=O) groups excluding carboxylic acids is 1. The number of hydrogen-bond acceptors (Lipinski definition) is 4. The van der Waals surface area contributed by atoms with Crippen molar-refractivity contribution in [2.75, 3.05) is 20.2 Å². The molecule has 0 radical (unpaired) electrons. The van der Waals surface area contributed by atoms with Gasteiger partial charge in [-0.1, -0.05) is 18.2 Å². The van der Waals surface area contributed by atoms with Gasteiger partial charge in [0.25, 0.3) is 0 Å². The molecule has 0 aliphatic carbocycles. The second kappa shape index (κ2) is 8.87. The highest BCUT2D eigenvalue weighted by Crippen LogP contribution is 2.21. The first-order valence-corrected chi connectivity index (χ1v) is 8.35. The zero-order valence-electron chi connectivity index (χ0n) is 15.1. The Morgan fingerprint density at radius 2 is 1.92 bits per heavy atom. The lowest BCUT2D eigenvalue weighted by Gasteiger charge is -2.27. The van der Waals surface area contributed by atoms with Crippen molar-refractivity contribution in [1.82, 2.24) is 4.90 Å². The molecule has 2 aromatic rings. The van der Waals surface area contributed by atoms with Crippen LogP contribution >= 0.6 is 0 Å². The molecule has 2 atom stereocenters. The van der Waals surface area contributed by atoms with E-state index in [-0.39, 0.29) is 25.0 Å².